The topological polar surface area (TPSA) is 35.2 Å². The summed E-state index contributed by atoms with van der Waals surface area (Å²) in [5.74, 6) is 0.605. The van der Waals surface area contributed by atoms with Gasteiger partial charge in [-0.15, -0.1) is 0 Å². The van der Waals surface area contributed by atoms with Crippen molar-refractivity contribution in [1.29, 1.82) is 0 Å². The summed E-state index contributed by atoms with van der Waals surface area (Å²) in [7, 11) is 0. The maximum Gasteiger partial charge on any atom is 0.0978 e. The van der Waals surface area contributed by atoms with Gasteiger partial charge < -0.3 is 10.5 Å². The molecule has 0 fully saturated rings. The second-order valence-corrected chi connectivity index (χ2v) is 6.24. The molecule has 0 radical (unpaired) electrons. The Labute approximate surface area is 125 Å². The van der Waals surface area contributed by atoms with E-state index in [0.29, 0.717) is 5.92 Å². The minimum Gasteiger partial charge on any atom is -0.372 e. The van der Waals surface area contributed by atoms with Crippen LogP contribution in [-0.2, 0) is 17.6 Å². The lowest BCUT2D eigenvalue weighted by Gasteiger charge is -2.36. The molecule has 2 N–H and O–H groups in total. The SMILES string of the molecule is NC(CC1Cc2ccccc21)C1OCCc2ccccc21. The number of ether oxygens (including phenoxy) is 1. The van der Waals surface area contributed by atoms with Crippen LogP contribution in [0.1, 0.15) is 40.7 Å². The van der Waals surface area contributed by atoms with Gasteiger partial charge >= 0.3 is 0 Å². The van der Waals surface area contributed by atoms with E-state index in [9.17, 15) is 0 Å². The van der Waals surface area contributed by atoms with E-state index in [1.807, 2.05) is 0 Å². The van der Waals surface area contributed by atoms with E-state index in [1.165, 1.54) is 22.3 Å². The Morgan fingerprint density at radius 1 is 1.00 bits per heavy atom. The molecule has 2 nitrogen and oxygen atoms in total. The van der Waals surface area contributed by atoms with Crippen molar-refractivity contribution in [3.8, 4) is 0 Å². The largest absolute Gasteiger partial charge is 0.372 e. The number of nitrogens with two attached hydrogens (primary N) is 1. The molecule has 3 unspecified atom stereocenters. The lowest BCUT2D eigenvalue weighted by Crippen LogP contribution is -2.36. The van der Waals surface area contributed by atoms with Crippen LogP contribution in [-0.4, -0.2) is 12.6 Å². The van der Waals surface area contributed by atoms with Crippen molar-refractivity contribution in [3.63, 3.8) is 0 Å². The number of hydrogen-bond acceptors (Lipinski definition) is 2. The van der Waals surface area contributed by atoms with Gasteiger partial charge in [0.1, 0.15) is 0 Å². The number of fused-ring (bicyclic) bond motifs is 2. The van der Waals surface area contributed by atoms with Gasteiger partial charge in [-0.3, -0.25) is 0 Å². The third kappa shape index (κ3) is 2.29. The van der Waals surface area contributed by atoms with Crippen molar-refractivity contribution in [1.82, 2.24) is 0 Å². The first-order valence-corrected chi connectivity index (χ1v) is 7.85. The van der Waals surface area contributed by atoms with E-state index < -0.39 is 0 Å². The summed E-state index contributed by atoms with van der Waals surface area (Å²) < 4.78 is 6.00. The van der Waals surface area contributed by atoms with Crippen LogP contribution in [0.4, 0.5) is 0 Å². The van der Waals surface area contributed by atoms with Gasteiger partial charge in [0.2, 0.25) is 0 Å². The third-order valence-corrected chi connectivity index (χ3v) is 4.94. The molecular formula is C19H21NO. The summed E-state index contributed by atoms with van der Waals surface area (Å²) >= 11 is 0. The molecular weight excluding hydrogens is 258 g/mol. The van der Waals surface area contributed by atoms with Crippen molar-refractivity contribution in [2.45, 2.75) is 37.3 Å². The molecule has 0 aromatic heterocycles. The molecule has 108 valence electrons. The smallest absolute Gasteiger partial charge is 0.0978 e. The molecule has 2 aromatic rings. The van der Waals surface area contributed by atoms with Crippen LogP contribution in [0.25, 0.3) is 0 Å². The minimum absolute atomic E-state index is 0.0581. The molecule has 0 saturated heterocycles. The van der Waals surface area contributed by atoms with Crippen LogP contribution in [0, 0.1) is 0 Å². The summed E-state index contributed by atoms with van der Waals surface area (Å²) in [6.45, 7) is 0.788. The van der Waals surface area contributed by atoms with Crippen molar-refractivity contribution >= 4 is 0 Å². The highest BCUT2D eigenvalue weighted by molar-refractivity contribution is 5.40. The first-order chi connectivity index (χ1) is 10.3. The number of benzene rings is 2. The summed E-state index contributed by atoms with van der Waals surface area (Å²) in [6, 6.07) is 17.4. The first kappa shape index (κ1) is 13.1. The van der Waals surface area contributed by atoms with E-state index in [2.05, 4.69) is 48.5 Å². The Hall–Kier alpha value is -1.64. The molecule has 2 aromatic carbocycles. The molecule has 1 aliphatic carbocycles. The normalized spacial score (nSPS) is 24.6. The van der Waals surface area contributed by atoms with Gasteiger partial charge in [-0.2, -0.15) is 0 Å². The van der Waals surface area contributed by atoms with Crippen LogP contribution in [0.2, 0.25) is 0 Å². The Kier molecular flexibility index (Phi) is 3.28. The molecule has 4 rings (SSSR count). The van der Waals surface area contributed by atoms with E-state index in [-0.39, 0.29) is 12.1 Å². The number of hydrogen-bond donors (Lipinski definition) is 1. The molecule has 1 heterocycles. The third-order valence-electron chi connectivity index (χ3n) is 4.94. The number of rotatable bonds is 3. The molecule has 1 aliphatic heterocycles. The molecule has 0 bridgehead atoms. The zero-order valence-corrected chi connectivity index (χ0v) is 12.2. The predicted octanol–water partition coefficient (Wildman–Crippen LogP) is 3.36. The maximum absolute atomic E-state index is 6.51. The highest BCUT2D eigenvalue weighted by Gasteiger charge is 2.32. The second kappa shape index (κ2) is 5.28. The van der Waals surface area contributed by atoms with Crippen molar-refractivity contribution < 1.29 is 4.74 Å². The van der Waals surface area contributed by atoms with Gasteiger partial charge in [0, 0.05) is 6.04 Å². The van der Waals surface area contributed by atoms with E-state index >= 15 is 0 Å². The van der Waals surface area contributed by atoms with Gasteiger partial charge in [-0.05, 0) is 47.4 Å². The lowest BCUT2D eigenvalue weighted by molar-refractivity contribution is 0.0207. The van der Waals surface area contributed by atoms with Crippen LogP contribution < -0.4 is 5.73 Å². The zero-order valence-electron chi connectivity index (χ0n) is 12.2. The summed E-state index contributed by atoms with van der Waals surface area (Å²) in [5.41, 5.74) is 12.2. The van der Waals surface area contributed by atoms with Gasteiger partial charge in [-0.1, -0.05) is 48.5 Å². The molecule has 0 amide bonds. The van der Waals surface area contributed by atoms with Crippen LogP contribution >= 0.6 is 0 Å². The summed E-state index contributed by atoms with van der Waals surface area (Å²) in [4.78, 5) is 0. The second-order valence-electron chi connectivity index (χ2n) is 6.24. The minimum atomic E-state index is 0.0581. The highest BCUT2D eigenvalue weighted by Crippen LogP contribution is 2.40. The fourth-order valence-electron chi connectivity index (χ4n) is 3.80. The van der Waals surface area contributed by atoms with Gasteiger partial charge in [-0.25, -0.2) is 0 Å². The predicted molar refractivity (Wildman–Crippen MR) is 84.3 cm³/mol. The molecule has 0 saturated carbocycles. The van der Waals surface area contributed by atoms with E-state index in [4.69, 9.17) is 10.5 Å². The maximum atomic E-state index is 6.51. The van der Waals surface area contributed by atoms with Crippen LogP contribution in [0.15, 0.2) is 48.5 Å². The molecule has 3 atom stereocenters. The molecule has 21 heavy (non-hydrogen) atoms. The van der Waals surface area contributed by atoms with Crippen LogP contribution in [0.5, 0.6) is 0 Å². The van der Waals surface area contributed by atoms with Gasteiger partial charge in [0.15, 0.2) is 0 Å². The lowest BCUT2D eigenvalue weighted by atomic mass is 9.73. The van der Waals surface area contributed by atoms with Gasteiger partial charge in [0.05, 0.1) is 12.7 Å². The Morgan fingerprint density at radius 3 is 2.52 bits per heavy atom. The monoisotopic (exact) mass is 279 g/mol. The summed E-state index contributed by atoms with van der Waals surface area (Å²) in [5, 5.41) is 0. The average Bonchev–Trinajstić information content (AvgIpc) is 2.52. The Balaban J connectivity index is 1.51. The van der Waals surface area contributed by atoms with Crippen LogP contribution in [0.3, 0.4) is 0 Å². The van der Waals surface area contributed by atoms with Crippen molar-refractivity contribution in [2.75, 3.05) is 6.61 Å². The van der Waals surface area contributed by atoms with E-state index in [0.717, 1.165) is 25.9 Å². The average molecular weight is 279 g/mol. The molecule has 2 aliphatic rings. The van der Waals surface area contributed by atoms with E-state index in [1.54, 1.807) is 0 Å². The quantitative estimate of drug-likeness (QED) is 0.935. The van der Waals surface area contributed by atoms with Crippen molar-refractivity contribution in [2.24, 2.45) is 5.73 Å². The van der Waals surface area contributed by atoms with Gasteiger partial charge in [0.25, 0.3) is 0 Å². The Bertz CT molecular complexity index is 652. The Morgan fingerprint density at radius 2 is 1.71 bits per heavy atom. The standard InChI is InChI=1S/C19H21NO/c20-18(12-15-11-14-6-2-3-7-16(14)15)19-17-8-4-1-5-13(17)9-10-21-19/h1-8,15,18-19H,9-12,20H2. The van der Waals surface area contributed by atoms with Crippen molar-refractivity contribution in [3.05, 3.63) is 70.8 Å². The fourth-order valence-corrected chi connectivity index (χ4v) is 3.80. The highest BCUT2D eigenvalue weighted by atomic mass is 16.5. The molecule has 0 spiro atoms. The fraction of sp³-hybridized carbons (Fsp3) is 0.368. The zero-order chi connectivity index (χ0) is 14.2. The summed E-state index contributed by atoms with van der Waals surface area (Å²) in [6.07, 6.45) is 3.24. The first-order valence-electron chi connectivity index (χ1n) is 7.85. The molecule has 2 heteroatoms.